The van der Waals surface area contributed by atoms with Crippen LogP contribution in [-0.2, 0) is 22.6 Å². The molecule has 144 valence electrons. The molecule has 0 saturated heterocycles. The Balaban J connectivity index is 2.24. The summed E-state index contributed by atoms with van der Waals surface area (Å²) in [4.78, 5) is 26.6. The molecule has 0 aliphatic carbocycles. The average Bonchev–Trinajstić information content (AvgIpc) is 2.66. The summed E-state index contributed by atoms with van der Waals surface area (Å²) in [5.74, 6) is 0.292. The zero-order chi connectivity index (χ0) is 20.0. The van der Waals surface area contributed by atoms with Crippen LogP contribution in [0.25, 0.3) is 0 Å². The molecule has 0 radical (unpaired) electrons. The molecule has 0 aliphatic rings. The Labute approximate surface area is 169 Å². The van der Waals surface area contributed by atoms with Crippen molar-refractivity contribution >= 4 is 35.0 Å². The van der Waals surface area contributed by atoms with Crippen LogP contribution in [0.5, 0.6) is 5.75 Å². The molecule has 1 N–H and O–H groups in total. The monoisotopic (exact) mass is 408 g/mol. The molecule has 0 bridgehead atoms. The molecule has 0 spiro atoms. The summed E-state index contributed by atoms with van der Waals surface area (Å²) in [6.07, 6.45) is 0.163. The number of nitrogens with one attached hydrogen (secondary N) is 1. The lowest BCUT2D eigenvalue weighted by Crippen LogP contribution is -2.47. The molecule has 0 aromatic heterocycles. The van der Waals surface area contributed by atoms with Crippen LogP contribution >= 0.6 is 23.2 Å². The van der Waals surface area contributed by atoms with Gasteiger partial charge in [-0.1, -0.05) is 41.4 Å². The molecule has 0 saturated carbocycles. The summed E-state index contributed by atoms with van der Waals surface area (Å²) in [6.45, 7) is 1.90. The number of halogens is 2. The van der Waals surface area contributed by atoms with Gasteiger partial charge in [0, 0.05) is 23.6 Å². The van der Waals surface area contributed by atoms with E-state index in [2.05, 4.69) is 5.32 Å². The normalized spacial score (nSPS) is 11.6. The van der Waals surface area contributed by atoms with Crippen LogP contribution in [0.1, 0.15) is 18.1 Å². The number of benzene rings is 2. The van der Waals surface area contributed by atoms with Crippen LogP contribution in [0.15, 0.2) is 42.5 Å². The van der Waals surface area contributed by atoms with Gasteiger partial charge in [-0.25, -0.2) is 0 Å². The fourth-order valence-electron chi connectivity index (χ4n) is 2.64. The van der Waals surface area contributed by atoms with E-state index in [-0.39, 0.29) is 24.8 Å². The zero-order valence-electron chi connectivity index (χ0n) is 15.5. The van der Waals surface area contributed by atoms with Crippen LogP contribution in [0.4, 0.5) is 0 Å². The van der Waals surface area contributed by atoms with Crippen molar-refractivity contribution in [2.24, 2.45) is 0 Å². The number of nitrogens with zero attached hydrogens (tertiary/aromatic N) is 1. The van der Waals surface area contributed by atoms with Crippen LogP contribution < -0.4 is 10.1 Å². The second kappa shape index (κ2) is 9.62. The Morgan fingerprint density at radius 3 is 2.37 bits per heavy atom. The first kappa shape index (κ1) is 21.1. The molecular formula is C20H22Cl2N2O3. The van der Waals surface area contributed by atoms with Crippen molar-refractivity contribution in [2.45, 2.75) is 25.9 Å². The van der Waals surface area contributed by atoms with Gasteiger partial charge in [0.05, 0.1) is 13.5 Å². The summed E-state index contributed by atoms with van der Waals surface area (Å²) >= 11 is 12.2. The van der Waals surface area contributed by atoms with Gasteiger partial charge in [-0.3, -0.25) is 9.59 Å². The van der Waals surface area contributed by atoms with E-state index in [1.54, 1.807) is 51.4 Å². The zero-order valence-corrected chi connectivity index (χ0v) is 17.0. The molecule has 0 fully saturated rings. The van der Waals surface area contributed by atoms with E-state index >= 15 is 0 Å². The summed E-state index contributed by atoms with van der Waals surface area (Å²) in [5.41, 5.74) is 1.55. The fraction of sp³-hybridized carbons (Fsp3) is 0.300. The van der Waals surface area contributed by atoms with Crippen LogP contribution in [0.3, 0.4) is 0 Å². The largest absolute Gasteiger partial charge is 0.497 e. The highest BCUT2D eigenvalue weighted by Crippen LogP contribution is 2.23. The number of ether oxygens (including phenoxy) is 1. The van der Waals surface area contributed by atoms with Gasteiger partial charge in [-0.2, -0.15) is 0 Å². The molecule has 1 unspecified atom stereocenters. The number of hydrogen-bond acceptors (Lipinski definition) is 3. The number of rotatable bonds is 7. The smallest absolute Gasteiger partial charge is 0.242 e. The lowest BCUT2D eigenvalue weighted by molar-refractivity contribution is -0.139. The van der Waals surface area contributed by atoms with E-state index in [1.807, 2.05) is 12.1 Å². The minimum atomic E-state index is -0.646. The standard InChI is InChI=1S/C20H22Cl2N2O3/c1-13(20(26)23-2)24(12-15-6-7-16(21)11-18(15)22)19(25)10-14-4-8-17(27-3)9-5-14/h4-9,11,13H,10,12H2,1-3H3,(H,23,26). The predicted octanol–water partition coefficient (Wildman–Crippen LogP) is 3.71. The van der Waals surface area contributed by atoms with Crippen molar-refractivity contribution < 1.29 is 14.3 Å². The summed E-state index contributed by atoms with van der Waals surface area (Å²) in [6, 6.07) is 11.7. The SMILES string of the molecule is CNC(=O)C(C)N(Cc1ccc(Cl)cc1Cl)C(=O)Cc1ccc(OC)cc1. The lowest BCUT2D eigenvalue weighted by atomic mass is 10.1. The number of carbonyl (C=O) groups is 2. The quantitative estimate of drug-likeness (QED) is 0.759. The van der Waals surface area contributed by atoms with Gasteiger partial charge in [0.25, 0.3) is 0 Å². The van der Waals surface area contributed by atoms with Gasteiger partial charge in [-0.05, 0) is 42.3 Å². The number of hydrogen-bond donors (Lipinski definition) is 1. The molecule has 2 aromatic rings. The Bertz CT molecular complexity index is 809. The number of likely N-dealkylation sites (N-methyl/N-ethyl adjacent to an activating group) is 1. The minimum Gasteiger partial charge on any atom is -0.497 e. The minimum absolute atomic E-state index is 0.163. The molecule has 2 amide bonds. The number of methoxy groups -OCH3 is 1. The van der Waals surface area contributed by atoms with Crippen molar-refractivity contribution in [2.75, 3.05) is 14.2 Å². The van der Waals surface area contributed by atoms with Gasteiger partial charge in [0.15, 0.2) is 0 Å². The van der Waals surface area contributed by atoms with E-state index in [9.17, 15) is 9.59 Å². The van der Waals surface area contributed by atoms with Crippen molar-refractivity contribution in [1.82, 2.24) is 10.2 Å². The van der Waals surface area contributed by atoms with Crippen molar-refractivity contribution in [3.63, 3.8) is 0 Å². The maximum Gasteiger partial charge on any atom is 0.242 e. The van der Waals surface area contributed by atoms with E-state index in [0.29, 0.717) is 10.0 Å². The highest BCUT2D eigenvalue weighted by atomic mass is 35.5. The number of carbonyl (C=O) groups excluding carboxylic acids is 2. The predicted molar refractivity (Wildman–Crippen MR) is 107 cm³/mol. The van der Waals surface area contributed by atoms with Gasteiger partial charge >= 0.3 is 0 Å². The summed E-state index contributed by atoms with van der Waals surface area (Å²) in [5, 5.41) is 3.55. The van der Waals surface area contributed by atoms with E-state index in [4.69, 9.17) is 27.9 Å². The molecule has 1 atom stereocenters. The Kier molecular flexibility index (Phi) is 7.51. The Morgan fingerprint density at radius 2 is 1.81 bits per heavy atom. The average molecular weight is 409 g/mol. The first-order valence-corrected chi connectivity index (χ1v) is 9.19. The first-order chi connectivity index (χ1) is 12.8. The molecule has 2 rings (SSSR count). The van der Waals surface area contributed by atoms with Crippen molar-refractivity contribution in [3.05, 3.63) is 63.6 Å². The fourth-order valence-corrected chi connectivity index (χ4v) is 3.11. The molecule has 27 heavy (non-hydrogen) atoms. The van der Waals surface area contributed by atoms with Gasteiger partial charge in [0.2, 0.25) is 11.8 Å². The third-order valence-electron chi connectivity index (χ3n) is 4.28. The molecule has 5 nitrogen and oxygen atoms in total. The maximum absolute atomic E-state index is 13.0. The maximum atomic E-state index is 13.0. The second-order valence-corrected chi connectivity index (χ2v) is 6.92. The van der Waals surface area contributed by atoms with E-state index < -0.39 is 6.04 Å². The number of amides is 2. The van der Waals surface area contributed by atoms with Gasteiger partial charge < -0.3 is 15.0 Å². The van der Waals surface area contributed by atoms with Gasteiger partial charge in [0.1, 0.15) is 11.8 Å². The Morgan fingerprint density at radius 1 is 1.15 bits per heavy atom. The first-order valence-electron chi connectivity index (χ1n) is 8.43. The van der Waals surface area contributed by atoms with Crippen LogP contribution in [0.2, 0.25) is 10.0 Å². The lowest BCUT2D eigenvalue weighted by Gasteiger charge is -2.29. The van der Waals surface area contributed by atoms with Crippen molar-refractivity contribution in [1.29, 1.82) is 0 Å². The highest BCUT2D eigenvalue weighted by Gasteiger charge is 2.26. The third kappa shape index (κ3) is 5.62. The second-order valence-electron chi connectivity index (χ2n) is 6.07. The molecule has 0 aliphatic heterocycles. The third-order valence-corrected chi connectivity index (χ3v) is 4.87. The Hall–Kier alpha value is -2.24. The summed E-state index contributed by atoms with van der Waals surface area (Å²) < 4.78 is 5.13. The highest BCUT2D eigenvalue weighted by molar-refractivity contribution is 6.35. The van der Waals surface area contributed by atoms with Crippen molar-refractivity contribution in [3.8, 4) is 5.75 Å². The van der Waals surface area contributed by atoms with Crippen LogP contribution in [-0.4, -0.2) is 36.9 Å². The van der Waals surface area contributed by atoms with Gasteiger partial charge in [-0.15, -0.1) is 0 Å². The topological polar surface area (TPSA) is 58.6 Å². The molecule has 0 heterocycles. The summed E-state index contributed by atoms with van der Waals surface area (Å²) in [7, 11) is 3.13. The molecule has 2 aromatic carbocycles. The van der Waals surface area contributed by atoms with E-state index in [0.717, 1.165) is 16.9 Å². The van der Waals surface area contributed by atoms with E-state index in [1.165, 1.54) is 4.90 Å². The van der Waals surface area contributed by atoms with Crippen LogP contribution in [0, 0.1) is 0 Å². The molecular weight excluding hydrogens is 387 g/mol. The molecule has 7 heteroatoms.